The van der Waals surface area contributed by atoms with Crippen LogP contribution in [0.1, 0.15) is 61.0 Å². The molecule has 0 bridgehead atoms. The van der Waals surface area contributed by atoms with Crippen molar-refractivity contribution in [3.05, 3.63) is 59.3 Å². The fraction of sp³-hybridized carbons (Fsp3) is 0.346. The van der Waals surface area contributed by atoms with Gasteiger partial charge in [-0.15, -0.1) is 0 Å². The molecular formula is C26H32N4O7S. The van der Waals surface area contributed by atoms with Crippen LogP contribution in [0.5, 0.6) is 17.4 Å². The Balaban J connectivity index is 2.12. The normalized spacial score (nSPS) is 11.9. The van der Waals surface area contributed by atoms with Crippen LogP contribution in [0.2, 0.25) is 0 Å². The van der Waals surface area contributed by atoms with E-state index in [-0.39, 0.29) is 39.0 Å². The second-order valence-corrected chi connectivity index (χ2v) is 11.5. The van der Waals surface area contributed by atoms with E-state index in [4.69, 9.17) is 9.47 Å². The van der Waals surface area contributed by atoms with Crippen LogP contribution in [0.25, 0.3) is 0 Å². The second-order valence-electron chi connectivity index (χ2n) is 9.86. The van der Waals surface area contributed by atoms with Gasteiger partial charge in [-0.25, -0.2) is 22.6 Å². The molecule has 0 fully saturated rings. The fourth-order valence-electron chi connectivity index (χ4n) is 3.65. The number of para-hydroxylation sites is 1. The summed E-state index contributed by atoms with van der Waals surface area (Å²) in [5.74, 6) is -1.36. The van der Waals surface area contributed by atoms with Crippen molar-refractivity contribution < 1.29 is 32.6 Å². The highest BCUT2D eigenvalue weighted by Gasteiger charge is 2.30. The Kier molecular flexibility index (Phi) is 8.18. The number of nitrogens with one attached hydrogen (secondary N) is 2. The summed E-state index contributed by atoms with van der Waals surface area (Å²) >= 11 is 0. The zero-order valence-corrected chi connectivity index (χ0v) is 23.1. The van der Waals surface area contributed by atoms with Crippen molar-refractivity contribution in [2.24, 2.45) is 0 Å². The number of carboxylic acids is 1. The van der Waals surface area contributed by atoms with E-state index in [0.717, 1.165) is 0 Å². The molecular weight excluding hydrogens is 512 g/mol. The Morgan fingerprint density at radius 2 is 1.74 bits per heavy atom. The number of aromatic nitrogens is 2. The van der Waals surface area contributed by atoms with Gasteiger partial charge in [0.1, 0.15) is 16.4 Å². The molecule has 3 aromatic rings. The van der Waals surface area contributed by atoms with E-state index < -0.39 is 33.5 Å². The molecule has 0 atom stereocenters. The third-order valence-corrected chi connectivity index (χ3v) is 7.03. The first kappa shape index (κ1) is 28.7. The third kappa shape index (κ3) is 6.14. The number of aromatic carboxylic acids is 1. The number of amides is 1. The minimum absolute atomic E-state index is 0.0705. The van der Waals surface area contributed by atoms with Gasteiger partial charge in [0.25, 0.3) is 5.91 Å². The number of nitrogens with zero attached hydrogens (tertiary/aromatic N) is 2. The number of benzene rings is 2. The van der Waals surface area contributed by atoms with Gasteiger partial charge in [0.2, 0.25) is 15.9 Å². The summed E-state index contributed by atoms with van der Waals surface area (Å²) < 4.78 is 41.8. The molecule has 0 spiro atoms. The van der Waals surface area contributed by atoms with Crippen LogP contribution < -0.4 is 19.5 Å². The maximum atomic E-state index is 13.3. The maximum absolute atomic E-state index is 13.3. The van der Waals surface area contributed by atoms with E-state index in [1.807, 2.05) is 20.8 Å². The molecule has 204 valence electrons. The number of rotatable bonds is 9. The van der Waals surface area contributed by atoms with Crippen LogP contribution >= 0.6 is 0 Å². The second kappa shape index (κ2) is 10.8. The highest BCUT2D eigenvalue weighted by molar-refractivity contribution is 7.89. The molecule has 3 rings (SSSR count). The molecule has 2 aromatic carbocycles. The third-order valence-electron chi connectivity index (χ3n) is 5.35. The molecule has 0 unspecified atom stereocenters. The van der Waals surface area contributed by atoms with E-state index >= 15 is 0 Å². The molecule has 12 heteroatoms. The topological polar surface area (TPSA) is 149 Å². The van der Waals surface area contributed by atoms with Gasteiger partial charge in [0, 0.05) is 17.3 Å². The number of carbonyl (C=O) groups excluding carboxylic acids is 1. The van der Waals surface area contributed by atoms with Crippen LogP contribution in [-0.4, -0.2) is 48.3 Å². The average Bonchev–Trinajstić information content (AvgIpc) is 3.15. The zero-order chi connectivity index (χ0) is 28.4. The molecule has 38 heavy (non-hydrogen) atoms. The van der Waals surface area contributed by atoms with Gasteiger partial charge in [-0.3, -0.25) is 4.79 Å². The molecule has 11 nitrogen and oxygen atoms in total. The lowest BCUT2D eigenvalue weighted by Crippen LogP contribution is -2.30. The Labute approximate surface area is 221 Å². The lowest BCUT2D eigenvalue weighted by molar-refractivity contribution is 0.0687. The monoisotopic (exact) mass is 544 g/mol. The molecule has 3 N–H and O–H groups in total. The largest absolute Gasteiger partial charge is 0.496 e. The van der Waals surface area contributed by atoms with E-state index in [0.29, 0.717) is 5.75 Å². The minimum atomic E-state index is -4.11. The van der Waals surface area contributed by atoms with E-state index in [1.54, 1.807) is 38.1 Å². The molecule has 1 amide bonds. The number of methoxy groups -OCH3 is 1. The summed E-state index contributed by atoms with van der Waals surface area (Å²) in [4.78, 5) is 24.4. The van der Waals surface area contributed by atoms with E-state index in [9.17, 15) is 23.1 Å². The molecule has 1 heterocycles. The predicted molar refractivity (Wildman–Crippen MR) is 142 cm³/mol. The lowest BCUT2D eigenvalue weighted by atomic mass is 10.1. The van der Waals surface area contributed by atoms with Gasteiger partial charge in [-0.05, 0) is 71.9 Å². The van der Waals surface area contributed by atoms with Crippen LogP contribution in [0.4, 0.5) is 5.69 Å². The first-order valence-corrected chi connectivity index (χ1v) is 13.3. The number of sulfonamides is 1. The van der Waals surface area contributed by atoms with Crippen molar-refractivity contribution in [2.45, 2.75) is 58.0 Å². The van der Waals surface area contributed by atoms with Gasteiger partial charge in [-0.1, -0.05) is 12.1 Å². The number of anilines is 1. The molecule has 0 aliphatic carbocycles. The Morgan fingerprint density at radius 3 is 2.32 bits per heavy atom. The number of hydrogen-bond acceptors (Lipinski definition) is 7. The van der Waals surface area contributed by atoms with Crippen LogP contribution in [0, 0.1) is 6.92 Å². The molecule has 0 aliphatic rings. The van der Waals surface area contributed by atoms with Crippen LogP contribution in [-0.2, 0) is 15.6 Å². The molecule has 0 saturated carbocycles. The summed E-state index contributed by atoms with van der Waals surface area (Å²) in [6.45, 7) is 10.3. The van der Waals surface area contributed by atoms with Gasteiger partial charge in [0.05, 0.1) is 18.2 Å². The van der Waals surface area contributed by atoms with Crippen molar-refractivity contribution in [1.29, 1.82) is 0 Å². The number of carbonyl (C=O) groups is 2. The number of ether oxygens (including phenoxy) is 2. The van der Waals surface area contributed by atoms with Gasteiger partial charge in [-0.2, -0.15) is 5.10 Å². The molecule has 0 saturated heterocycles. The van der Waals surface area contributed by atoms with Crippen molar-refractivity contribution >= 4 is 27.6 Å². The number of hydrogen-bond donors (Lipinski definition) is 3. The summed E-state index contributed by atoms with van der Waals surface area (Å²) in [5.41, 5.74) is -0.178. The Hall–Kier alpha value is -3.90. The smallest absolute Gasteiger partial charge is 0.356 e. The maximum Gasteiger partial charge on any atom is 0.356 e. The zero-order valence-electron chi connectivity index (χ0n) is 22.3. The van der Waals surface area contributed by atoms with Crippen molar-refractivity contribution in [2.75, 3.05) is 12.4 Å². The van der Waals surface area contributed by atoms with Gasteiger partial charge >= 0.3 is 5.97 Å². The summed E-state index contributed by atoms with van der Waals surface area (Å²) in [6, 6.07) is 10.4. The van der Waals surface area contributed by atoms with Gasteiger partial charge < -0.3 is 19.9 Å². The Bertz CT molecular complexity index is 1470. The number of carboxylic acid groups (broad SMARTS) is 1. The van der Waals surface area contributed by atoms with Gasteiger partial charge in [0.15, 0.2) is 5.69 Å². The summed E-state index contributed by atoms with van der Waals surface area (Å²) in [7, 11) is -2.67. The first-order chi connectivity index (χ1) is 17.7. The van der Waals surface area contributed by atoms with Crippen molar-refractivity contribution in [3.8, 4) is 17.4 Å². The minimum Gasteiger partial charge on any atom is -0.496 e. The van der Waals surface area contributed by atoms with Crippen molar-refractivity contribution in [1.82, 2.24) is 14.5 Å². The average molecular weight is 545 g/mol. The van der Waals surface area contributed by atoms with Crippen LogP contribution in [0.3, 0.4) is 0 Å². The predicted octanol–water partition coefficient (Wildman–Crippen LogP) is 4.38. The quantitative estimate of drug-likeness (QED) is 0.359. The first-order valence-electron chi connectivity index (χ1n) is 11.8. The highest BCUT2D eigenvalue weighted by Crippen LogP contribution is 2.36. The van der Waals surface area contributed by atoms with Crippen molar-refractivity contribution in [3.63, 3.8) is 0 Å². The molecule has 0 radical (unpaired) electrons. The highest BCUT2D eigenvalue weighted by atomic mass is 32.2. The SMILES string of the molecule is COc1ccccc1C(=O)Nc1ccc(Oc2c(C)c(C(=O)O)nn2C(C)(C)C)c(S(=O)(=O)NC(C)C)c1. The standard InChI is InChI=1S/C26H32N4O7S/c1-15(2)29-38(34,35)21-14-17(27-23(31)18-10-8-9-11-19(18)36-7)12-13-20(21)37-24-16(3)22(25(32)33)28-30(24)26(4,5)6/h8-15,29H,1-7H3,(H,27,31)(H,32,33). The fourth-order valence-corrected chi connectivity index (χ4v) is 5.05. The van der Waals surface area contributed by atoms with E-state index in [1.165, 1.54) is 36.9 Å². The molecule has 0 aliphatic heterocycles. The van der Waals surface area contributed by atoms with E-state index in [2.05, 4.69) is 15.1 Å². The Morgan fingerprint density at radius 1 is 1.08 bits per heavy atom. The summed E-state index contributed by atoms with van der Waals surface area (Å²) in [5, 5.41) is 16.5. The molecule has 1 aromatic heterocycles. The lowest BCUT2D eigenvalue weighted by Gasteiger charge is -2.23. The summed E-state index contributed by atoms with van der Waals surface area (Å²) in [6.07, 6.45) is 0. The van der Waals surface area contributed by atoms with Crippen LogP contribution in [0.15, 0.2) is 47.4 Å².